The second kappa shape index (κ2) is 9.97. The van der Waals surface area contributed by atoms with Crippen LogP contribution in [0.5, 0.6) is 11.5 Å². The minimum absolute atomic E-state index is 0.114. The number of carbonyl (C=O) groups excluding carboxylic acids is 4. The summed E-state index contributed by atoms with van der Waals surface area (Å²) in [7, 11) is -1.77. The van der Waals surface area contributed by atoms with Crippen molar-refractivity contribution in [1.29, 1.82) is 0 Å². The summed E-state index contributed by atoms with van der Waals surface area (Å²) in [6.07, 6.45) is 3.54. The van der Waals surface area contributed by atoms with Crippen LogP contribution in [-0.4, -0.2) is 52.3 Å². The highest BCUT2D eigenvalue weighted by Crippen LogP contribution is 2.57. The Labute approximate surface area is 236 Å². The van der Waals surface area contributed by atoms with Gasteiger partial charge in [0.05, 0.1) is 24.1 Å². The van der Waals surface area contributed by atoms with Crippen LogP contribution in [0.1, 0.15) is 38.2 Å². The van der Waals surface area contributed by atoms with Crippen LogP contribution >= 0.6 is 0 Å². The number of hydrogen-bond donors (Lipinski definition) is 3. The summed E-state index contributed by atoms with van der Waals surface area (Å²) in [5, 5.41) is 30.5. The van der Waals surface area contributed by atoms with Gasteiger partial charge in [0.2, 0.25) is 11.8 Å². The van der Waals surface area contributed by atoms with Gasteiger partial charge in [-0.15, -0.1) is 0 Å². The molecule has 9 nitrogen and oxygen atoms in total. The number of nitrogens with zero attached hydrogens (tertiary/aromatic N) is 1. The van der Waals surface area contributed by atoms with E-state index < -0.39 is 42.6 Å². The highest BCUT2D eigenvalue weighted by atomic mass is 16.5. The molecule has 2 aromatic carbocycles. The number of fused-ring (bicyclic) bond motifs is 3. The molecule has 6 rings (SSSR count). The number of para-hydroxylation sites is 1. The number of phenols is 1. The molecule has 2 aromatic rings. The molecule has 0 unspecified atom stereocenters. The first kappa shape index (κ1) is 26.9. The summed E-state index contributed by atoms with van der Waals surface area (Å²) < 4.78 is 5.60. The fraction of sp³-hybridized carbons (Fsp3) is 0.290. The zero-order valence-corrected chi connectivity index (χ0v) is 22.5. The Morgan fingerprint density at radius 2 is 1.78 bits per heavy atom. The summed E-state index contributed by atoms with van der Waals surface area (Å²) >= 11 is 0. The van der Waals surface area contributed by atoms with E-state index in [1.807, 2.05) is 6.08 Å². The number of allylic oxidation sites excluding steroid dienone is 6. The van der Waals surface area contributed by atoms with Crippen molar-refractivity contribution < 1.29 is 39.1 Å². The summed E-state index contributed by atoms with van der Waals surface area (Å²) in [5.74, 6) is -4.20. The zero-order valence-electron chi connectivity index (χ0n) is 22.5. The van der Waals surface area contributed by atoms with Crippen molar-refractivity contribution in [3.05, 3.63) is 82.5 Å². The van der Waals surface area contributed by atoms with Gasteiger partial charge in [-0.1, -0.05) is 35.9 Å². The molecule has 1 heterocycles. The molecule has 4 aliphatic rings. The van der Waals surface area contributed by atoms with Gasteiger partial charge in [0.1, 0.15) is 0 Å². The fourth-order valence-corrected chi connectivity index (χ4v) is 6.86. The van der Waals surface area contributed by atoms with Gasteiger partial charge in [-0.3, -0.25) is 24.1 Å². The summed E-state index contributed by atoms with van der Waals surface area (Å²) in [4.78, 5) is 55.6. The van der Waals surface area contributed by atoms with E-state index in [-0.39, 0.29) is 52.6 Å². The van der Waals surface area contributed by atoms with E-state index in [1.165, 1.54) is 18.2 Å². The first-order valence-corrected chi connectivity index (χ1v) is 13.6. The fourth-order valence-electron chi connectivity index (χ4n) is 6.86. The van der Waals surface area contributed by atoms with Crippen LogP contribution < -0.4 is 15.1 Å². The summed E-state index contributed by atoms with van der Waals surface area (Å²) in [6.45, 7) is 3.68. The third-order valence-electron chi connectivity index (χ3n) is 8.63. The topological polar surface area (TPSA) is 141 Å². The number of Topliss-reactive ketones (excluding diaryl/α,β-unsaturated/α-hetero) is 1. The minimum atomic E-state index is -1.77. The largest absolute Gasteiger partial charge is 0.504 e. The number of hydrogen-bond acceptors (Lipinski definition) is 8. The van der Waals surface area contributed by atoms with Gasteiger partial charge >= 0.3 is 7.12 Å². The lowest BCUT2D eigenvalue weighted by molar-refractivity contribution is -0.123. The third kappa shape index (κ3) is 4.09. The number of amides is 2. The number of aromatic hydroxyl groups is 1. The Bertz CT molecular complexity index is 1620. The van der Waals surface area contributed by atoms with Gasteiger partial charge in [-0.2, -0.15) is 0 Å². The maximum Gasteiger partial charge on any atom is 0.488 e. The second-order valence-corrected chi connectivity index (χ2v) is 10.8. The lowest BCUT2D eigenvalue weighted by Gasteiger charge is -2.42. The maximum absolute atomic E-state index is 14.0. The lowest BCUT2D eigenvalue weighted by Crippen LogP contribution is -2.40. The van der Waals surface area contributed by atoms with Crippen LogP contribution in [0.3, 0.4) is 0 Å². The first-order valence-electron chi connectivity index (χ1n) is 13.6. The van der Waals surface area contributed by atoms with Crippen LogP contribution in [-0.2, 0) is 19.2 Å². The van der Waals surface area contributed by atoms with Crippen molar-refractivity contribution >= 4 is 41.6 Å². The molecule has 1 aliphatic heterocycles. The SMILES string of the molecule is CCOc1cccc([C@H]2C3=CC[C@@H]4C(=O)N(c5cccc(B(O)O)c5)C(=O)[C@@H]4[C@@H]3CC3=C2C(=O)C=C(C)C3=O)c1O. The molecular weight excluding hydrogens is 525 g/mol. The average molecular weight is 553 g/mol. The summed E-state index contributed by atoms with van der Waals surface area (Å²) in [6, 6.07) is 11.0. The molecule has 41 heavy (non-hydrogen) atoms. The highest BCUT2D eigenvalue weighted by molar-refractivity contribution is 6.58. The Morgan fingerprint density at radius 1 is 1.02 bits per heavy atom. The molecule has 10 heteroatoms. The van der Waals surface area contributed by atoms with Gasteiger partial charge in [0.15, 0.2) is 23.1 Å². The van der Waals surface area contributed by atoms with Gasteiger partial charge in [0, 0.05) is 28.2 Å². The molecule has 4 atom stereocenters. The van der Waals surface area contributed by atoms with E-state index in [9.17, 15) is 34.3 Å². The Hall–Kier alpha value is -4.28. The molecule has 2 amide bonds. The average Bonchev–Trinajstić information content (AvgIpc) is 3.21. The standard InChI is InChI=1S/C31H28BNO8/c1-3-41-24-9-5-8-19(29(24)36)25-18-10-11-20-26(21(18)14-22-27(25)23(34)12-15(2)28(22)35)31(38)33(30(20)37)17-7-4-6-16(13-17)32(39)40/h4-10,12-13,20-21,25-26,36,39-40H,3,11,14H2,1-2H3/t20-,21+,25+,26-/m0/s1. The van der Waals surface area contributed by atoms with E-state index in [0.717, 1.165) is 4.90 Å². The Balaban J connectivity index is 1.48. The number of ether oxygens (including phenoxy) is 1. The van der Waals surface area contributed by atoms with Gasteiger partial charge < -0.3 is 19.9 Å². The van der Waals surface area contributed by atoms with Crippen molar-refractivity contribution in [2.75, 3.05) is 11.5 Å². The first-order chi connectivity index (χ1) is 19.6. The van der Waals surface area contributed by atoms with Gasteiger partial charge in [-0.05, 0) is 62.3 Å². The molecule has 0 radical (unpaired) electrons. The van der Waals surface area contributed by atoms with E-state index >= 15 is 0 Å². The molecule has 208 valence electrons. The monoisotopic (exact) mass is 553 g/mol. The molecule has 0 spiro atoms. The van der Waals surface area contributed by atoms with Crippen LogP contribution in [0, 0.1) is 17.8 Å². The zero-order chi connectivity index (χ0) is 29.2. The normalized spacial score (nSPS) is 25.4. The molecule has 1 fully saturated rings. The van der Waals surface area contributed by atoms with E-state index in [2.05, 4.69) is 0 Å². The number of ketones is 2. The predicted octanol–water partition coefficient (Wildman–Crippen LogP) is 2.10. The number of carbonyl (C=O) groups is 4. The molecule has 3 aliphatic carbocycles. The number of phenolic OH excluding ortho intramolecular Hbond substituents is 1. The van der Waals surface area contributed by atoms with Crippen molar-refractivity contribution in [2.45, 2.75) is 32.6 Å². The number of benzene rings is 2. The highest BCUT2D eigenvalue weighted by Gasteiger charge is 2.57. The summed E-state index contributed by atoms with van der Waals surface area (Å²) in [5.41, 5.74) is 2.36. The molecule has 0 saturated carbocycles. The number of anilines is 1. The molecule has 3 N–H and O–H groups in total. The van der Waals surface area contributed by atoms with Gasteiger partial charge in [-0.25, -0.2) is 0 Å². The van der Waals surface area contributed by atoms with Crippen molar-refractivity contribution in [3.8, 4) is 11.5 Å². The number of rotatable bonds is 5. The van der Waals surface area contributed by atoms with E-state index in [1.54, 1.807) is 44.2 Å². The maximum atomic E-state index is 14.0. The van der Waals surface area contributed by atoms with Crippen molar-refractivity contribution in [3.63, 3.8) is 0 Å². The lowest BCUT2D eigenvalue weighted by atomic mass is 9.59. The molecule has 0 bridgehead atoms. The van der Waals surface area contributed by atoms with E-state index in [0.29, 0.717) is 28.9 Å². The van der Waals surface area contributed by atoms with Crippen molar-refractivity contribution in [1.82, 2.24) is 0 Å². The van der Waals surface area contributed by atoms with Crippen LogP contribution in [0.25, 0.3) is 0 Å². The third-order valence-corrected chi connectivity index (χ3v) is 8.63. The molecule has 0 aromatic heterocycles. The minimum Gasteiger partial charge on any atom is -0.504 e. The Morgan fingerprint density at radius 3 is 2.51 bits per heavy atom. The van der Waals surface area contributed by atoms with E-state index in [4.69, 9.17) is 4.74 Å². The van der Waals surface area contributed by atoms with Crippen LogP contribution in [0.2, 0.25) is 0 Å². The molecule has 1 saturated heterocycles. The van der Waals surface area contributed by atoms with Gasteiger partial charge in [0.25, 0.3) is 0 Å². The van der Waals surface area contributed by atoms with Crippen LogP contribution in [0.4, 0.5) is 5.69 Å². The quantitative estimate of drug-likeness (QED) is 0.221. The number of imide groups is 1. The predicted molar refractivity (Wildman–Crippen MR) is 149 cm³/mol. The van der Waals surface area contributed by atoms with Crippen molar-refractivity contribution in [2.24, 2.45) is 17.8 Å². The second-order valence-electron chi connectivity index (χ2n) is 10.8. The smallest absolute Gasteiger partial charge is 0.488 e. The molecular formula is C31H28BNO8. The van der Waals surface area contributed by atoms with Crippen LogP contribution in [0.15, 0.2) is 76.9 Å². The Kier molecular flexibility index (Phi) is 6.55.